The zero-order chi connectivity index (χ0) is 15.2. The summed E-state index contributed by atoms with van der Waals surface area (Å²) in [6.45, 7) is 2.47. The first-order chi connectivity index (χ1) is 10.1. The lowest BCUT2D eigenvalue weighted by Crippen LogP contribution is -2.25. The van der Waals surface area contributed by atoms with Gasteiger partial charge in [-0.3, -0.25) is 9.59 Å². The van der Waals surface area contributed by atoms with Gasteiger partial charge in [0.2, 0.25) is 5.91 Å². The third-order valence-corrected chi connectivity index (χ3v) is 3.78. The Kier molecular flexibility index (Phi) is 5.33. The molecule has 1 atom stereocenters. The van der Waals surface area contributed by atoms with Gasteiger partial charge in [0.15, 0.2) is 0 Å². The maximum Gasteiger partial charge on any atom is 0.251 e. The number of carbonyl (C=O) groups is 2. The van der Waals surface area contributed by atoms with Crippen molar-refractivity contribution in [2.75, 3.05) is 18.5 Å². The first-order valence-corrected chi connectivity index (χ1v) is 7.42. The van der Waals surface area contributed by atoms with Crippen LogP contribution in [0.2, 0.25) is 0 Å². The Morgan fingerprint density at radius 3 is 2.52 bits per heavy atom. The molecule has 21 heavy (non-hydrogen) atoms. The number of rotatable bonds is 7. The van der Waals surface area contributed by atoms with E-state index < -0.39 is 0 Å². The zero-order valence-electron chi connectivity index (χ0n) is 12.3. The summed E-state index contributed by atoms with van der Waals surface area (Å²) >= 11 is 0. The van der Waals surface area contributed by atoms with E-state index in [9.17, 15) is 9.59 Å². The normalized spacial score (nSPS) is 15.3. The fraction of sp³-hybridized carbons (Fsp3) is 0.500. The van der Waals surface area contributed by atoms with Crippen LogP contribution in [0.1, 0.15) is 36.5 Å². The molecule has 0 radical (unpaired) electrons. The number of aliphatic hydroxyl groups is 1. The molecule has 2 rings (SSSR count). The Hall–Kier alpha value is -1.88. The number of anilines is 1. The third-order valence-electron chi connectivity index (χ3n) is 3.78. The molecule has 3 N–H and O–H groups in total. The van der Waals surface area contributed by atoms with E-state index in [1.165, 1.54) is 0 Å². The van der Waals surface area contributed by atoms with E-state index in [2.05, 4.69) is 10.6 Å². The lowest BCUT2D eigenvalue weighted by Gasteiger charge is -2.11. The molecule has 0 saturated heterocycles. The molecule has 2 amide bonds. The van der Waals surface area contributed by atoms with Gasteiger partial charge >= 0.3 is 0 Å². The van der Waals surface area contributed by atoms with E-state index in [0.717, 1.165) is 12.8 Å². The average molecular weight is 290 g/mol. The average Bonchev–Trinajstić information content (AvgIpc) is 3.32. The molecule has 1 fully saturated rings. The molecule has 1 aromatic rings. The lowest BCUT2D eigenvalue weighted by atomic mass is 10.1. The highest BCUT2D eigenvalue weighted by molar-refractivity contribution is 5.96. The van der Waals surface area contributed by atoms with Gasteiger partial charge in [0.05, 0.1) is 0 Å². The van der Waals surface area contributed by atoms with E-state index in [1.807, 2.05) is 6.92 Å². The predicted molar refractivity (Wildman–Crippen MR) is 81.0 cm³/mol. The molecule has 0 spiro atoms. The zero-order valence-corrected chi connectivity index (χ0v) is 12.3. The van der Waals surface area contributed by atoms with Crippen LogP contribution in [-0.2, 0) is 4.79 Å². The van der Waals surface area contributed by atoms with E-state index >= 15 is 0 Å². The van der Waals surface area contributed by atoms with Gasteiger partial charge in [-0.15, -0.1) is 0 Å². The van der Waals surface area contributed by atoms with Crippen molar-refractivity contribution < 1.29 is 14.7 Å². The van der Waals surface area contributed by atoms with Crippen molar-refractivity contribution >= 4 is 17.5 Å². The SMILES string of the molecule is CC(C(=O)Nc1ccc(C(=O)NCCCO)cc1)C1CC1. The number of hydrogen-bond acceptors (Lipinski definition) is 3. The van der Waals surface area contributed by atoms with Crippen LogP contribution in [0, 0.1) is 11.8 Å². The second-order valence-electron chi connectivity index (χ2n) is 5.53. The lowest BCUT2D eigenvalue weighted by molar-refractivity contribution is -0.119. The topological polar surface area (TPSA) is 78.4 Å². The molecule has 0 aliphatic heterocycles. The fourth-order valence-electron chi connectivity index (χ4n) is 2.15. The van der Waals surface area contributed by atoms with Crippen molar-refractivity contribution in [2.45, 2.75) is 26.2 Å². The van der Waals surface area contributed by atoms with E-state index in [0.29, 0.717) is 30.1 Å². The van der Waals surface area contributed by atoms with Crippen LogP contribution >= 0.6 is 0 Å². The summed E-state index contributed by atoms with van der Waals surface area (Å²) in [5, 5.41) is 14.3. The van der Waals surface area contributed by atoms with Crippen LogP contribution in [0.3, 0.4) is 0 Å². The Bertz CT molecular complexity index is 495. The highest BCUT2D eigenvalue weighted by atomic mass is 16.3. The van der Waals surface area contributed by atoms with Crippen molar-refractivity contribution in [3.8, 4) is 0 Å². The van der Waals surface area contributed by atoms with Gasteiger partial charge in [-0.05, 0) is 49.4 Å². The Morgan fingerprint density at radius 2 is 1.95 bits per heavy atom. The van der Waals surface area contributed by atoms with Gasteiger partial charge in [0.1, 0.15) is 0 Å². The third kappa shape index (κ3) is 4.56. The monoisotopic (exact) mass is 290 g/mol. The highest BCUT2D eigenvalue weighted by Gasteiger charge is 2.32. The van der Waals surface area contributed by atoms with Gasteiger partial charge in [-0.1, -0.05) is 6.92 Å². The number of benzene rings is 1. The molecule has 1 aromatic carbocycles. The van der Waals surface area contributed by atoms with Crippen LogP contribution in [-0.4, -0.2) is 30.1 Å². The molecular weight excluding hydrogens is 268 g/mol. The predicted octanol–water partition coefficient (Wildman–Crippen LogP) is 1.78. The summed E-state index contributed by atoms with van der Waals surface area (Å²) < 4.78 is 0. The smallest absolute Gasteiger partial charge is 0.251 e. The first kappa shape index (κ1) is 15.5. The van der Waals surface area contributed by atoms with E-state index in [1.54, 1.807) is 24.3 Å². The van der Waals surface area contributed by atoms with Crippen molar-refractivity contribution in [1.29, 1.82) is 0 Å². The summed E-state index contributed by atoms with van der Waals surface area (Å²) in [6, 6.07) is 6.84. The summed E-state index contributed by atoms with van der Waals surface area (Å²) in [4.78, 5) is 23.8. The molecule has 1 saturated carbocycles. The first-order valence-electron chi connectivity index (χ1n) is 7.42. The molecular formula is C16H22N2O3. The van der Waals surface area contributed by atoms with Crippen molar-refractivity contribution in [1.82, 2.24) is 5.32 Å². The van der Waals surface area contributed by atoms with Crippen LogP contribution < -0.4 is 10.6 Å². The van der Waals surface area contributed by atoms with Crippen LogP contribution in [0.5, 0.6) is 0 Å². The minimum absolute atomic E-state index is 0.0395. The fourth-order valence-corrected chi connectivity index (χ4v) is 2.15. The maximum absolute atomic E-state index is 12.0. The van der Waals surface area contributed by atoms with Gasteiger partial charge in [-0.25, -0.2) is 0 Å². The number of amides is 2. The summed E-state index contributed by atoms with van der Waals surface area (Å²) in [7, 11) is 0. The van der Waals surface area contributed by atoms with Gasteiger partial charge in [-0.2, -0.15) is 0 Å². The molecule has 1 aliphatic carbocycles. The Labute approximate surface area is 124 Å². The Balaban J connectivity index is 1.86. The number of hydrogen-bond donors (Lipinski definition) is 3. The van der Waals surface area contributed by atoms with Crippen molar-refractivity contribution in [3.05, 3.63) is 29.8 Å². The van der Waals surface area contributed by atoms with Crippen molar-refractivity contribution in [3.63, 3.8) is 0 Å². The number of carbonyl (C=O) groups excluding carboxylic acids is 2. The van der Waals surface area contributed by atoms with Crippen LogP contribution in [0.25, 0.3) is 0 Å². The molecule has 5 heteroatoms. The van der Waals surface area contributed by atoms with E-state index in [-0.39, 0.29) is 24.3 Å². The second-order valence-corrected chi connectivity index (χ2v) is 5.53. The van der Waals surface area contributed by atoms with Gasteiger partial charge in [0.25, 0.3) is 5.91 Å². The van der Waals surface area contributed by atoms with Crippen LogP contribution in [0.4, 0.5) is 5.69 Å². The quantitative estimate of drug-likeness (QED) is 0.670. The van der Waals surface area contributed by atoms with Gasteiger partial charge < -0.3 is 15.7 Å². The molecule has 1 aliphatic rings. The number of nitrogens with one attached hydrogen (secondary N) is 2. The Morgan fingerprint density at radius 1 is 1.29 bits per heavy atom. The molecule has 114 valence electrons. The summed E-state index contributed by atoms with van der Waals surface area (Å²) in [5.74, 6) is 0.443. The number of aliphatic hydroxyl groups excluding tert-OH is 1. The minimum atomic E-state index is -0.173. The highest BCUT2D eigenvalue weighted by Crippen LogP contribution is 2.37. The molecule has 5 nitrogen and oxygen atoms in total. The van der Waals surface area contributed by atoms with Crippen molar-refractivity contribution in [2.24, 2.45) is 11.8 Å². The van der Waals surface area contributed by atoms with Gasteiger partial charge in [0, 0.05) is 30.3 Å². The standard InChI is InChI=1S/C16H22N2O3/c1-11(12-3-4-12)15(20)18-14-7-5-13(6-8-14)16(21)17-9-2-10-19/h5-8,11-12,19H,2-4,9-10H2,1H3,(H,17,21)(H,18,20). The minimum Gasteiger partial charge on any atom is -0.396 e. The summed E-state index contributed by atoms with van der Waals surface area (Å²) in [6.07, 6.45) is 2.82. The maximum atomic E-state index is 12.0. The molecule has 1 unspecified atom stereocenters. The largest absolute Gasteiger partial charge is 0.396 e. The molecule has 0 heterocycles. The summed E-state index contributed by atoms with van der Waals surface area (Å²) in [5.41, 5.74) is 1.25. The van der Waals surface area contributed by atoms with E-state index in [4.69, 9.17) is 5.11 Å². The molecule has 0 bridgehead atoms. The molecule has 0 aromatic heterocycles. The second kappa shape index (κ2) is 7.22. The van der Waals surface area contributed by atoms with Crippen LogP contribution in [0.15, 0.2) is 24.3 Å².